The van der Waals surface area contributed by atoms with Crippen molar-refractivity contribution in [2.45, 2.75) is 32.0 Å². The number of hydrogen-bond acceptors (Lipinski definition) is 7. The number of ether oxygens (including phenoxy) is 1. The summed E-state index contributed by atoms with van der Waals surface area (Å²) in [6, 6.07) is 5.42. The summed E-state index contributed by atoms with van der Waals surface area (Å²) in [4.78, 5) is 12.5. The maximum atomic E-state index is 6.51. The first-order chi connectivity index (χ1) is 15.0. The fraction of sp³-hybridized carbons (Fsp3) is 0.300. The molecule has 0 aliphatic heterocycles. The third-order valence-corrected chi connectivity index (χ3v) is 5.71. The van der Waals surface area contributed by atoms with E-state index in [1.54, 1.807) is 18.6 Å². The Morgan fingerprint density at radius 2 is 2.03 bits per heavy atom. The Morgan fingerprint density at radius 1 is 1.16 bits per heavy atom. The fourth-order valence-electron chi connectivity index (χ4n) is 3.31. The number of nitrogen functional groups attached to an aromatic ring is 1. The van der Waals surface area contributed by atoms with E-state index >= 15 is 0 Å². The molecule has 9 nitrogen and oxygen atoms in total. The highest BCUT2D eigenvalue weighted by Crippen LogP contribution is 2.34. The van der Waals surface area contributed by atoms with Crippen LogP contribution in [-0.2, 0) is 13.1 Å². The summed E-state index contributed by atoms with van der Waals surface area (Å²) in [6.07, 6.45) is 8.28. The van der Waals surface area contributed by atoms with Crippen LogP contribution in [0.2, 0.25) is 10.0 Å². The molecule has 1 atom stereocenters. The van der Waals surface area contributed by atoms with Crippen LogP contribution in [0.4, 0.5) is 5.82 Å². The van der Waals surface area contributed by atoms with E-state index in [9.17, 15) is 0 Å². The van der Waals surface area contributed by atoms with Gasteiger partial charge in [-0.25, -0.2) is 15.0 Å². The van der Waals surface area contributed by atoms with E-state index < -0.39 is 0 Å². The van der Waals surface area contributed by atoms with Crippen LogP contribution in [-0.4, -0.2) is 41.9 Å². The molecule has 4 aromatic rings. The van der Waals surface area contributed by atoms with Gasteiger partial charge in [0.15, 0.2) is 11.5 Å². The molecule has 0 saturated carbocycles. The second-order valence-electron chi connectivity index (χ2n) is 7.12. The van der Waals surface area contributed by atoms with Crippen LogP contribution in [0.3, 0.4) is 0 Å². The van der Waals surface area contributed by atoms with Crippen molar-refractivity contribution in [1.82, 2.24) is 29.3 Å². The van der Waals surface area contributed by atoms with Crippen molar-refractivity contribution in [3.63, 3.8) is 0 Å². The molecule has 31 heavy (non-hydrogen) atoms. The predicted molar refractivity (Wildman–Crippen MR) is 120 cm³/mol. The summed E-state index contributed by atoms with van der Waals surface area (Å²) < 4.78 is 9.69. The van der Waals surface area contributed by atoms with Gasteiger partial charge in [0, 0.05) is 24.0 Å². The Bertz CT molecular complexity index is 1160. The Balaban J connectivity index is 1.43. The van der Waals surface area contributed by atoms with Crippen LogP contribution in [0, 0.1) is 0 Å². The average molecular weight is 461 g/mol. The largest absolute Gasteiger partial charge is 0.493 e. The molecular weight excluding hydrogens is 439 g/mol. The van der Waals surface area contributed by atoms with Gasteiger partial charge in [-0.2, -0.15) is 5.10 Å². The minimum absolute atomic E-state index is 0.000711. The molecule has 0 fully saturated rings. The third-order valence-electron chi connectivity index (χ3n) is 4.87. The minimum Gasteiger partial charge on any atom is -0.493 e. The van der Waals surface area contributed by atoms with Crippen LogP contribution >= 0.6 is 23.2 Å². The number of hydrogen-bond donors (Lipinski definition) is 2. The number of imidazole rings is 1. The van der Waals surface area contributed by atoms with Gasteiger partial charge in [-0.05, 0) is 31.0 Å². The number of aromatic nitrogens is 6. The first-order valence-electron chi connectivity index (χ1n) is 9.77. The summed E-state index contributed by atoms with van der Waals surface area (Å²) in [5.74, 6) is 0.975. The topological polar surface area (TPSA) is 123 Å². The first-order valence-corrected chi connectivity index (χ1v) is 10.5. The quantitative estimate of drug-likeness (QED) is 0.367. The standard InChI is InChI=1S/C20H22Cl2N8O/c21-15-4-5-16(31-8-1-3-13(23)9-30-7-2-6-28-30)14(17(15)22)10-29-12-27-18-19(24)25-11-26-20(18)29/h2,4-7,11-13H,1,3,8-10,23H2,(H2,24,25,26)/t13-/m1/s1. The highest BCUT2D eigenvalue weighted by molar-refractivity contribution is 6.42. The van der Waals surface area contributed by atoms with E-state index in [1.807, 2.05) is 27.6 Å². The molecule has 0 radical (unpaired) electrons. The van der Waals surface area contributed by atoms with Crippen molar-refractivity contribution >= 4 is 40.2 Å². The maximum absolute atomic E-state index is 6.51. The zero-order chi connectivity index (χ0) is 21.8. The van der Waals surface area contributed by atoms with Crippen LogP contribution in [0.1, 0.15) is 18.4 Å². The summed E-state index contributed by atoms with van der Waals surface area (Å²) in [6.45, 7) is 1.54. The number of benzene rings is 1. The fourth-order valence-corrected chi connectivity index (χ4v) is 3.70. The number of nitrogens with zero attached hydrogens (tertiary/aromatic N) is 6. The molecule has 162 valence electrons. The van der Waals surface area contributed by atoms with Gasteiger partial charge in [0.25, 0.3) is 0 Å². The van der Waals surface area contributed by atoms with Gasteiger partial charge in [-0.1, -0.05) is 23.2 Å². The van der Waals surface area contributed by atoms with Crippen molar-refractivity contribution in [3.8, 4) is 5.75 Å². The van der Waals surface area contributed by atoms with E-state index in [-0.39, 0.29) is 6.04 Å². The van der Waals surface area contributed by atoms with Gasteiger partial charge >= 0.3 is 0 Å². The second kappa shape index (κ2) is 9.51. The van der Waals surface area contributed by atoms with Crippen LogP contribution < -0.4 is 16.2 Å². The number of fused-ring (bicyclic) bond motifs is 1. The number of nitrogens with two attached hydrogens (primary N) is 2. The Kier molecular flexibility index (Phi) is 6.55. The molecule has 3 aromatic heterocycles. The van der Waals surface area contributed by atoms with Crippen molar-refractivity contribution in [2.24, 2.45) is 5.73 Å². The van der Waals surface area contributed by atoms with Gasteiger partial charge in [-0.3, -0.25) is 4.68 Å². The second-order valence-corrected chi connectivity index (χ2v) is 7.91. The van der Waals surface area contributed by atoms with E-state index in [4.69, 9.17) is 39.4 Å². The Morgan fingerprint density at radius 3 is 2.84 bits per heavy atom. The molecule has 1 aromatic carbocycles. The van der Waals surface area contributed by atoms with Crippen molar-refractivity contribution in [3.05, 3.63) is 58.9 Å². The molecule has 4 rings (SSSR count). The molecule has 0 bridgehead atoms. The smallest absolute Gasteiger partial charge is 0.165 e. The lowest BCUT2D eigenvalue weighted by molar-refractivity contribution is 0.294. The highest BCUT2D eigenvalue weighted by atomic mass is 35.5. The van der Waals surface area contributed by atoms with E-state index in [0.29, 0.717) is 52.5 Å². The molecule has 0 aliphatic carbocycles. The van der Waals surface area contributed by atoms with E-state index in [1.165, 1.54) is 6.33 Å². The van der Waals surface area contributed by atoms with E-state index in [0.717, 1.165) is 18.4 Å². The molecule has 11 heteroatoms. The van der Waals surface area contributed by atoms with Crippen LogP contribution in [0.5, 0.6) is 5.75 Å². The Hall–Kier alpha value is -2.88. The zero-order valence-electron chi connectivity index (χ0n) is 16.7. The number of halogens is 2. The average Bonchev–Trinajstić information content (AvgIpc) is 3.41. The van der Waals surface area contributed by atoms with Crippen molar-refractivity contribution in [1.29, 1.82) is 0 Å². The summed E-state index contributed by atoms with van der Waals surface area (Å²) in [5, 5.41) is 5.06. The summed E-state index contributed by atoms with van der Waals surface area (Å²) in [7, 11) is 0. The summed E-state index contributed by atoms with van der Waals surface area (Å²) in [5.41, 5.74) is 14.0. The summed E-state index contributed by atoms with van der Waals surface area (Å²) >= 11 is 12.8. The molecule has 0 amide bonds. The minimum atomic E-state index is -0.000711. The normalized spacial score (nSPS) is 12.4. The Labute approximate surface area is 189 Å². The lowest BCUT2D eigenvalue weighted by Gasteiger charge is -2.16. The first kappa shape index (κ1) is 21.4. The van der Waals surface area contributed by atoms with Gasteiger partial charge in [0.05, 0.1) is 36.1 Å². The maximum Gasteiger partial charge on any atom is 0.165 e. The molecule has 0 saturated heterocycles. The monoisotopic (exact) mass is 460 g/mol. The molecule has 3 heterocycles. The third kappa shape index (κ3) is 4.90. The van der Waals surface area contributed by atoms with Crippen LogP contribution in [0.15, 0.2) is 43.2 Å². The van der Waals surface area contributed by atoms with Gasteiger partial charge < -0.3 is 20.8 Å². The number of anilines is 1. The van der Waals surface area contributed by atoms with Crippen LogP contribution in [0.25, 0.3) is 11.2 Å². The van der Waals surface area contributed by atoms with Gasteiger partial charge in [-0.15, -0.1) is 0 Å². The lowest BCUT2D eigenvalue weighted by Crippen LogP contribution is -2.26. The molecule has 0 spiro atoms. The molecular formula is C20H22Cl2N8O. The highest BCUT2D eigenvalue weighted by Gasteiger charge is 2.16. The molecule has 4 N–H and O–H groups in total. The van der Waals surface area contributed by atoms with Crippen molar-refractivity contribution in [2.75, 3.05) is 12.3 Å². The van der Waals surface area contributed by atoms with Gasteiger partial charge in [0.2, 0.25) is 0 Å². The SMILES string of the molecule is Nc1ncnc2c1ncn2Cc1c(OCCC[C@@H](N)Cn2cccn2)ccc(Cl)c1Cl. The zero-order valence-corrected chi connectivity index (χ0v) is 18.2. The molecule has 0 unspecified atom stereocenters. The van der Waals surface area contributed by atoms with E-state index in [2.05, 4.69) is 20.1 Å². The molecule has 0 aliphatic rings. The number of rotatable bonds is 9. The predicted octanol–water partition coefficient (Wildman–Crippen LogP) is 3.15. The lowest BCUT2D eigenvalue weighted by atomic mass is 10.1. The van der Waals surface area contributed by atoms with Crippen molar-refractivity contribution < 1.29 is 4.74 Å². The van der Waals surface area contributed by atoms with Gasteiger partial charge in [0.1, 0.15) is 17.6 Å².